The molecular formula is C14H23N3NaO9P. The van der Waals surface area contributed by atoms with Crippen LogP contribution < -0.4 is 45.5 Å². The Morgan fingerprint density at radius 1 is 1.43 bits per heavy atom. The maximum absolute atomic E-state index is 12.2. The van der Waals surface area contributed by atoms with Crippen LogP contribution in [0.25, 0.3) is 0 Å². The first kappa shape index (κ1) is 25.7. The molecular weight excluding hydrogens is 408 g/mol. The standard InChI is InChI=1S/C14H24N3O9P.Na/c1-2-3-4-6-15-8-5-7-17(14(21)16-8)12-10(19)9(18)11(25-12)13(20)26-27(22,23)24;/h5,7,9-13,18-20H,2-4,6H2,1H3,(H,15,16,21)(H2,22,23,24);/q;+1/p-1/t9-,10-,11-,12+,13?;/m0./s1. The average Bonchev–Trinajstić information content (AvgIpc) is 2.86. The fraction of sp³-hybridized carbons (Fsp3) is 0.714. The molecule has 1 aliphatic rings. The number of aliphatic hydroxyl groups is 3. The zero-order valence-corrected chi connectivity index (χ0v) is 18.4. The molecule has 14 heteroatoms. The number of nitrogens with zero attached hydrogens (tertiary/aromatic N) is 2. The van der Waals surface area contributed by atoms with Crippen molar-refractivity contribution < 1.29 is 68.5 Å². The van der Waals surface area contributed by atoms with Gasteiger partial charge in [-0.2, -0.15) is 4.98 Å². The third kappa shape index (κ3) is 6.85. The van der Waals surface area contributed by atoms with Crippen LogP contribution in [0.15, 0.2) is 17.1 Å². The molecule has 0 aliphatic carbocycles. The van der Waals surface area contributed by atoms with Gasteiger partial charge in [0.25, 0.3) is 7.82 Å². The Labute approximate surface area is 183 Å². The Kier molecular flexibility index (Phi) is 10.2. The van der Waals surface area contributed by atoms with Crippen molar-refractivity contribution in [3.8, 4) is 0 Å². The number of aliphatic hydroxyl groups excluding tert-OH is 3. The molecule has 154 valence electrons. The van der Waals surface area contributed by atoms with Crippen LogP contribution in [0, 0.1) is 0 Å². The fourth-order valence-corrected chi connectivity index (χ4v) is 3.04. The van der Waals surface area contributed by atoms with Crippen molar-refractivity contribution >= 4 is 13.6 Å². The minimum atomic E-state index is -5.31. The van der Waals surface area contributed by atoms with Gasteiger partial charge in [-0.05, 0) is 12.5 Å². The predicted molar refractivity (Wildman–Crippen MR) is 89.4 cm³/mol. The summed E-state index contributed by atoms with van der Waals surface area (Å²) in [7, 11) is -5.31. The number of unbranched alkanes of at least 4 members (excludes halogenated alkanes) is 2. The molecule has 0 saturated carbocycles. The first-order valence-corrected chi connectivity index (χ1v) is 9.88. The van der Waals surface area contributed by atoms with E-state index in [1.807, 2.05) is 0 Å². The van der Waals surface area contributed by atoms with E-state index in [0.29, 0.717) is 12.4 Å². The molecule has 0 amide bonds. The van der Waals surface area contributed by atoms with E-state index in [4.69, 9.17) is 9.63 Å². The maximum Gasteiger partial charge on any atom is 1.00 e. The van der Waals surface area contributed by atoms with E-state index in [-0.39, 0.29) is 29.6 Å². The van der Waals surface area contributed by atoms with Crippen molar-refractivity contribution in [1.29, 1.82) is 0 Å². The molecule has 6 atom stereocenters. The molecule has 0 spiro atoms. The molecule has 28 heavy (non-hydrogen) atoms. The molecule has 0 bridgehead atoms. The Morgan fingerprint density at radius 3 is 2.68 bits per heavy atom. The topological polar surface area (TPSA) is 186 Å². The molecule has 2 heterocycles. The van der Waals surface area contributed by atoms with Crippen molar-refractivity contribution in [3.63, 3.8) is 0 Å². The molecule has 0 aromatic carbocycles. The molecule has 1 saturated heterocycles. The summed E-state index contributed by atoms with van der Waals surface area (Å²) < 4.78 is 20.7. The van der Waals surface area contributed by atoms with Gasteiger partial charge >= 0.3 is 35.2 Å². The largest absolute Gasteiger partial charge is 1.00 e. The molecule has 12 nitrogen and oxygen atoms in total. The van der Waals surface area contributed by atoms with E-state index in [0.717, 1.165) is 23.8 Å². The van der Waals surface area contributed by atoms with Crippen molar-refractivity contribution in [1.82, 2.24) is 9.55 Å². The Balaban J connectivity index is 0.00000392. The Morgan fingerprint density at radius 2 is 2.11 bits per heavy atom. The van der Waals surface area contributed by atoms with Gasteiger partial charge in [0.05, 0.1) is 0 Å². The smallest absolute Gasteiger partial charge is 0.756 e. The number of ether oxygens (including phenoxy) is 1. The maximum atomic E-state index is 12.2. The van der Waals surface area contributed by atoms with Crippen LogP contribution in [0.2, 0.25) is 0 Å². The SMILES string of the molecule is CCCCCNc1ccn([C@@H]2O[C@H](C(O)OP(=O)([O-])O)[C@@H](O)[C@@H]2O)c(=O)n1.[Na+]. The quantitative estimate of drug-likeness (QED) is 0.109. The zero-order chi connectivity index (χ0) is 20.2. The predicted octanol–water partition coefficient (Wildman–Crippen LogP) is -4.74. The summed E-state index contributed by atoms with van der Waals surface area (Å²) in [5.74, 6) is 0.327. The van der Waals surface area contributed by atoms with E-state index in [1.165, 1.54) is 12.3 Å². The van der Waals surface area contributed by atoms with Crippen molar-refractivity contribution in [2.24, 2.45) is 0 Å². The van der Waals surface area contributed by atoms with E-state index in [9.17, 15) is 29.6 Å². The monoisotopic (exact) mass is 431 g/mol. The van der Waals surface area contributed by atoms with E-state index >= 15 is 0 Å². The summed E-state index contributed by atoms with van der Waals surface area (Å²) in [5, 5.41) is 32.6. The number of phosphoric acid groups is 1. The summed E-state index contributed by atoms with van der Waals surface area (Å²) in [4.78, 5) is 35.3. The van der Waals surface area contributed by atoms with Gasteiger partial charge < -0.3 is 35.2 Å². The molecule has 1 aliphatic heterocycles. The van der Waals surface area contributed by atoms with Gasteiger partial charge in [0.15, 0.2) is 12.5 Å². The third-order valence-corrected chi connectivity index (χ3v) is 4.47. The number of hydrogen-bond donors (Lipinski definition) is 5. The van der Waals surface area contributed by atoms with Crippen molar-refractivity contribution in [2.45, 2.75) is 57.0 Å². The summed E-state index contributed by atoms with van der Waals surface area (Å²) >= 11 is 0. The fourth-order valence-electron chi connectivity index (χ4n) is 2.64. The van der Waals surface area contributed by atoms with Gasteiger partial charge in [0, 0.05) is 12.7 Å². The first-order valence-electron chi connectivity index (χ1n) is 8.39. The molecule has 0 radical (unpaired) electrons. The summed E-state index contributed by atoms with van der Waals surface area (Å²) in [6.07, 6.45) is -4.65. The van der Waals surface area contributed by atoms with Crippen LogP contribution in [0.4, 0.5) is 5.82 Å². The Hall–Kier alpha value is -0.370. The number of rotatable bonds is 9. The van der Waals surface area contributed by atoms with Gasteiger partial charge in [-0.15, -0.1) is 0 Å². The summed E-state index contributed by atoms with van der Waals surface area (Å²) in [6, 6.07) is 1.47. The third-order valence-electron chi connectivity index (χ3n) is 3.99. The number of aromatic nitrogens is 2. The molecule has 2 rings (SSSR count). The molecule has 1 aromatic heterocycles. The Bertz CT molecular complexity index is 730. The van der Waals surface area contributed by atoms with Crippen LogP contribution in [0.3, 0.4) is 0 Å². The van der Waals surface area contributed by atoms with Crippen molar-refractivity contribution in [2.75, 3.05) is 11.9 Å². The number of hydrogen-bond acceptors (Lipinski definition) is 10. The van der Waals surface area contributed by atoms with E-state index in [1.54, 1.807) is 0 Å². The van der Waals surface area contributed by atoms with E-state index < -0.39 is 44.3 Å². The van der Waals surface area contributed by atoms with Crippen LogP contribution in [-0.4, -0.2) is 60.9 Å². The van der Waals surface area contributed by atoms with Crippen LogP contribution in [-0.2, 0) is 13.8 Å². The average molecular weight is 431 g/mol. The first-order chi connectivity index (χ1) is 12.6. The second kappa shape index (κ2) is 11.1. The minimum absolute atomic E-state index is 0. The van der Waals surface area contributed by atoms with Gasteiger partial charge in [-0.1, -0.05) is 19.8 Å². The second-order valence-electron chi connectivity index (χ2n) is 6.07. The molecule has 5 N–H and O–H groups in total. The van der Waals surface area contributed by atoms with Gasteiger partial charge in [0.2, 0.25) is 0 Å². The normalized spacial score (nSPS) is 27.6. The van der Waals surface area contributed by atoms with Crippen LogP contribution in [0.5, 0.6) is 0 Å². The number of anilines is 1. The van der Waals surface area contributed by atoms with Gasteiger partial charge in [-0.3, -0.25) is 13.7 Å². The summed E-state index contributed by atoms with van der Waals surface area (Å²) in [6.45, 7) is 2.69. The van der Waals surface area contributed by atoms with Crippen LogP contribution in [0.1, 0.15) is 32.4 Å². The zero-order valence-electron chi connectivity index (χ0n) is 15.5. The van der Waals surface area contributed by atoms with Crippen molar-refractivity contribution in [3.05, 3.63) is 22.7 Å². The van der Waals surface area contributed by atoms with Gasteiger partial charge in [0.1, 0.15) is 24.1 Å². The molecule has 1 aromatic rings. The van der Waals surface area contributed by atoms with Crippen LogP contribution >= 0.6 is 7.82 Å². The summed E-state index contributed by atoms with van der Waals surface area (Å²) in [5.41, 5.74) is -0.792. The second-order valence-corrected chi connectivity index (χ2v) is 7.22. The number of nitrogens with one attached hydrogen (secondary N) is 1. The molecule has 1 fully saturated rings. The van der Waals surface area contributed by atoms with Gasteiger partial charge in [-0.25, -0.2) is 4.79 Å². The number of phosphoric ester groups is 1. The molecule has 2 unspecified atom stereocenters. The minimum Gasteiger partial charge on any atom is -0.756 e. The van der Waals surface area contributed by atoms with E-state index in [2.05, 4.69) is 21.7 Å².